The monoisotopic (exact) mass is 354 g/mol. The molecule has 0 bridgehead atoms. The zero-order chi connectivity index (χ0) is 18.3. The predicted molar refractivity (Wildman–Crippen MR) is 98.3 cm³/mol. The van der Waals surface area contributed by atoms with Crippen LogP contribution in [0.25, 0.3) is 11.5 Å². The molecule has 2 unspecified atom stereocenters. The van der Waals surface area contributed by atoms with Gasteiger partial charge >= 0.3 is 0 Å². The van der Waals surface area contributed by atoms with Crippen molar-refractivity contribution in [3.05, 3.63) is 48.2 Å². The number of nitrogens with zero attached hydrogens (tertiary/aromatic N) is 6. The topological polar surface area (TPSA) is 51.8 Å². The molecule has 1 aliphatic heterocycles. The molecule has 0 spiro atoms. The minimum Gasteiger partial charge on any atom is -0.348 e. The summed E-state index contributed by atoms with van der Waals surface area (Å²) in [5, 5.41) is 8.98. The minimum absolute atomic E-state index is 0.331. The Morgan fingerprint density at radius 3 is 2.50 bits per heavy atom. The number of aryl methyl sites for hydroxylation is 1. The molecule has 7 heteroatoms. The molecule has 0 amide bonds. The Labute approximate surface area is 152 Å². The summed E-state index contributed by atoms with van der Waals surface area (Å²) in [7, 11) is 1.99. The van der Waals surface area contributed by atoms with Gasteiger partial charge in [-0.25, -0.2) is 4.39 Å². The number of hydrogen-bond donors (Lipinski definition) is 0. The van der Waals surface area contributed by atoms with Crippen LogP contribution in [-0.2, 0) is 13.6 Å². The van der Waals surface area contributed by atoms with Gasteiger partial charge in [0, 0.05) is 26.3 Å². The Bertz CT molecular complexity index is 887. The van der Waals surface area contributed by atoms with Gasteiger partial charge < -0.3 is 9.47 Å². The quantitative estimate of drug-likeness (QED) is 0.723. The van der Waals surface area contributed by atoms with E-state index in [1.54, 1.807) is 6.07 Å². The fraction of sp³-hybridized carbons (Fsp3) is 0.421. The molecule has 3 aromatic heterocycles. The first-order chi connectivity index (χ1) is 12.5. The number of hydrogen-bond acceptors (Lipinski definition) is 4. The molecule has 1 fully saturated rings. The van der Waals surface area contributed by atoms with Crippen molar-refractivity contribution >= 4 is 5.95 Å². The van der Waals surface area contributed by atoms with Crippen molar-refractivity contribution in [3.8, 4) is 11.5 Å². The summed E-state index contributed by atoms with van der Waals surface area (Å²) >= 11 is 0. The third-order valence-corrected chi connectivity index (χ3v) is 5.28. The molecule has 26 heavy (non-hydrogen) atoms. The molecule has 3 aromatic rings. The Balaban J connectivity index is 1.76. The highest BCUT2D eigenvalue weighted by atomic mass is 19.1. The lowest BCUT2D eigenvalue weighted by molar-refractivity contribution is 0.494. The average Bonchev–Trinajstić information content (AvgIpc) is 3.30. The van der Waals surface area contributed by atoms with E-state index in [0.29, 0.717) is 18.4 Å². The molecule has 0 saturated carbocycles. The van der Waals surface area contributed by atoms with Gasteiger partial charge in [-0.05, 0) is 36.1 Å². The Hall–Kier alpha value is -2.70. The van der Waals surface area contributed by atoms with Crippen LogP contribution in [0.3, 0.4) is 0 Å². The fourth-order valence-corrected chi connectivity index (χ4v) is 3.51. The van der Waals surface area contributed by atoms with Gasteiger partial charge in [-0.2, -0.15) is 0 Å². The van der Waals surface area contributed by atoms with Crippen LogP contribution in [0.5, 0.6) is 0 Å². The molecular weight excluding hydrogens is 331 g/mol. The molecule has 1 saturated heterocycles. The maximum atomic E-state index is 13.2. The van der Waals surface area contributed by atoms with E-state index in [1.807, 2.05) is 29.9 Å². The second-order valence-electron chi connectivity index (χ2n) is 7.24. The van der Waals surface area contributed by atoms with Crippen LogP contribution in [0, 0.1) is 17.7 Å². The second kappa shape index (κ2) is 6.55. The van der Waals surface area contributed by atoms with Crippen molar-refractivity contribution in [3.63, 3.8) is 0 Å². The summed E-state index contributed by atoms with van der Waals surface area (Å²) in [4.78, 5) is 6.51. The van der Waals surface area contributed by atoms with E-state index in [1.165, 1.54) is 12.3 Å². The van der Waals surface area contributed by atoms with Crippen LogP contribution in [0.2, 0.25) is 0 Å². The molecular formula is C19H23FN6. The van der Waals surface area contributed by atoms with Crippen molar-refractivity contribution in [2.24, 2.45) is 18.9 Å². The van der Waals surface area contributed by atoms with E-state index in [0.717, 1.165) is 36.3 Å². The smallest absolute Gasteiger partial charge is 0.227 e. The van der Waals surface area contributed by atoms with Crippen LogP contribution >= 0.6 is 0 Å². The van der Waals surface area contributed by atoms with Gasteiger partial charge in [-0.3, -0.25) is 9.55 Å². The first kappa shape index (κ1) is 16.8. The molecule has 4 rings (SSSR count). The zero-order valence-electron chi connectivity index (χ0n) is 15.3. The lowest BCUT2D eigenvalue weighted by Crippen LogP contribution is -2.24. The van der Waals surface area contributed by atoms with E-state index in [9.17, 15) is 4.39 Å². The van der Waals surface area contributed by atoms with Crippen molar-refractivity contribution in [2.45, 2.75) is 20.4 Å². The van der Waals surface area contributed by atoms with Gasteiger partial charge in [-0.15, -0.1) is 10.2 Å². The van der Waals surface area contributed by atoms with Crippen molar-refractivity contribution in [1.82, 2.24) is 24.3 Å². The zero-order valence-corrected chi connectivity index (χ0v) is 15.3. The minimum atomic E-state index is -0.331. The molecule has 136 valence electrons. The molecule has 1 aliphatic rings. The molecule has 4 heterocycles. The van der Waals surface area contributed by atoms with Crippen LogP contribution in [0.15, 0.2) is 36.7 Å². The lowest BCUT2D eigenvalue weighted by Gasteiger charge is -2.19. The predicted octanol–water partition coefficient (Wildman–Crippen LogP) is 2.96. The lowest BCUT2D eigenvalue weighted by atomic mass is 10.0. The van der Waals surface area contributed by atoms with E-state index in [4.69, 9.17) is 0 Å². The van der Waals surface area contributed by atoms with Gasteiger partial charge in [0.1, 0.15) is 5.82 Å². The molecule has 0 aliphatic carbocycles. The van der Waals surface area contributed by atoms with E-state index in [2.05, 4.69) is 38.5 Å². The van der Waals surface area contributed by atoms with Crippen molar-refractivity contribution < 1.29 is 4.39 Å². The number of rotatable bonds is 4. The van der Waals surface area contributed by atoms with Crippen LogP contribution in [-0.4, -0.2) is 37.4 Å². The summed E-state index contributed by atoms with van der Waals surface area (Å²) in [5.41, 5.74) is 1.77. The fourth-order valence-electron chi connectivity index (χ4n) is 3.51. The summed E-state index contributed by atoms with van der Waals surface area (Å²) in [6, 6.07) is 7.17. The molecule has 2 atom stereocenters. The standard InChI is InChI=1S/C19H23FN6/c1-13-10-25(11-14(13)2)19-23-22-18(17-5-4-8-24(17)3)26(19)12-16-7-6-15(20)9-21-16/h4-9,13-14H,10-12H2,1-3H3. The Kier molecular flexibility index (Phi) is 4.22. The number of aromatic nitrogens is 5. The van der Waals surface area contributed by atoms with E-state index in [-0.39, 0.29) is 5.82 Å². The summed E-state index contributed by atoms with van der Waals surface area (Å²) in [6.07, 6.45) is 3.24. The van der Waals surface area contributed by atoms with Gasteiger partial charge in [-0.1, -0.05) is 13.8 Å². The van der Waals surface area contributed by atoms with Crippen LogP contribution < -0.4 is 4.90 Å². The average molecular weight is 354 g/mol. The van der Waals surface area contributed by atoms with E-state index < -0.39 is 0 Å². The van der Waals surface area contributed by atoms with Crippen molar-refractivity contribution in [1.29, 1.82) is 0 Å². The highest BCUT2D eigenvalue weighted by molar-refractivity contribution is 5.54. The largest absolute Gasteiger partial charge is 0.348 e. The maximum Gasteiger partial charge on any atom is 0.227 e. The highest BCUT2D eigenvalue weighted by Gasteiger charge is 2.30. The van der Waals surface area contributed by atoms with Gasteiger partial charge in [0.15, 0.2) is 5.82 Å². The molecule has 0 radical (unpaired) electrons. The van der Waals surface area contributed by atoms with Gasteiger partial charge in [0.2, 0.25) is 5.95 Å². The summed E-state index contributed by atoms with van der Waals surface area (Å²) < 4.78 is 17.3. The number of pyridine rings is 1. The highest BCUT2D eigenvalue weighted by Crippen LogP contribution is 2.30. The van der Waals surface area contributed by atoms with Crippen LogP contribution in [0.1, 0.15) is 19.5 Å². The van der Waals surface area contributed by atoms with E-state index >= 15 is 0 Å². The third-order valence-electron chi connectivity index (χ3n) is 5.28. The Morgan fingerprint density at radius 1 is 1.12 bits per heavy atom. The molecule has 6 nitrogen and oxygen atoms in total. The second-order valence-corrected chi connectivity index (χ2v) is 7.24. The molecule has 0 aromatic carbocycles. The van der Waals surface area contributed by atoms with Crippen LogP contribution in [0.4, 0.5) is 10.3 Å². The normalized spacial score (nSPS) is 20.1. The first-order valence-electron chi connectivity index (χ1n) is 8.93. The summed E-state index contributed by atoms with van der Waals surface area (Å²) in [5.74, 6) is 2.54. The Morgan fingerprint density at radius 2 is 1.88 bits per heavy atom. The maximum absolute atomic E-state index is 13.2. The first-order valence-corrected chi connectivity index (χ1v) is 8.93. The number of halogens is 1. The van der Waals surface area contributed by atoms with Gasteiger partial charge in [0.25, 0.3) is 0 Å². The third kappa shape index (κ3) is 2.98. The summed E-state index contributed by atoms with van der Waals surface area (Å²) in [6.45, 7) is 6.96. The number of anilines is 1. The SMILES string of the molecule is CC1CN(c2nnc(-c3cccn3C)n2Cc2ccc(F)cn2)CC1C. The van der Waals surface area contributed by atoms with Gasteiger partial charge in [0.05, 0.1) is 24.1 Å². The van der Waals surface area contributed by atoms with Crippen molar-refractivity contribution in [2.75, 3.05) is 18.0 Å². The molecule has 0 N–H and O–H groups in total.